The van der Waals surface area contributed by atoms with Crippen LogP contribution in [0.2, 0.25) is 5.02 Å². The van der Waals surface area contributed by atoms with Crippen LogP contribution in [0.25, 0.3) is 0 Å². The highest BCUT2D eigenvalue weighted by Crippen LogP contribution is 2.34. The molecule has 0 saturated heterocycles. The molecule has 12 heavy (non-hydrogen) atoms. The molecule has 64 valence electrons. The molecule has 0 aromatic heterocycles. The Morgan fingerprint density at radius 1 is 1.50 bits per heavy atom. The van der Waals surface area contributed by atoms with Gasteiger partial charge in [-0.2, -0.15) is 0 Å². The van der Waals surface area contributed by atoms with Crippen molar-refractivity contribution in [1.29, 1.82) is 0 Å². The zero-order valence-electron chi connectivity index (χ0n) is 7.10. The van der Waals surface area contributed by atoms with E-state index in [4.69, 9.17) is 17.3 Å². The molecule has 0 heterocycles. The topological polar surface area (TPSA) is 26.0 Å². The van der Waals surface area contributed by atoms with E-state index in [9.17, 15) is 0 Å². The first kappa shape index (κ1) is 8.09. The third-order valence-electron chi connectivity index (χ3n) is 2.67. The monoisotopic (exact) mass is 181 g/mol. The van der Waals surface area contributed by atoms with E-state index in [-0.39, 0.29) is 6.04 Å². The van der Waals surface area contributed by atoms with Gasteiger partial charge in [0.15, 0.2) is 0 Å². The molecule has 1 atom stereocenters. The van der Waals surface area contributed by atoms with Crippen LogP contribution in [-0.2, 0) is 6.42 Å². The molecule has 1 nitrogen and oxygen atoms in total. The van der Waals surface area contributed by atoms with Gasteiger partial charge in [-0.1, -0.05) is 17.7 Å². The van der Waals surface area contributed by atoms with Crippen LogP contribution in [0.1, 0.15) is 29.2 Å². The van der Waals surface area contributed by atoms with Gasteiger partial charge in [0.05, 0.1) is 0 Å². The summed E-state index contributed by atoms with van der Waals surface area (Å²) in [5, 5.41) is 0.864. The van der Waals surface area contributed by atoms with Crippen molar-refractivity contribution in [3.63, 3.8) is 0 Å². The third-order valence-corrected chi connectivity index (χ3v) is 3.08. The van der Waals surface area contributed by atoms with Crippen molar-refractivity contribution in [1.82, 2.24) is 0 Å². The molecule has 0 saturated carbocycles. The Morgan fingerprint density at radius 3 is 3.00 bits per heavy atom. The Hall–Kier alpha value is -0.530. The van der Waals surface area contributed by atoms with Crippen LogP contribution in [0.3, 0.4) is 0 Å². The van der Waals surface area contributed by atoms with Crippen molar-refractivity contribution >= 4 is 11.6 Å². The second-order valence-electron chi connectivity index (χ2n) is 3.39. The molecular formula is C10H12ClN. The first-order valence-electron chi connectivity index (χ1n) is 4.23. The highest BCUT2D eigenvalue weighted by Gasteiger charge is 2.20. The largest absolute Gasteiger partial charge is 0.324 e. The minimum atomic E-state index is 0.232. The summed E-state index contributed by atoms with van der Waals surface area (Å²) in [6.45, 7) is 2.07. The SMILES string of the molecule is Cc1c(Cl)ccc2c1CCC2N. The van der Waals surface area contributed by atoms with Crippen molar-refractivity contribution in [2.45, 2.75) is 25.8 Å². The summed E-state index contributed by atoms with van der Waals surface area (Å²) in [5.74, 6) is 0. The summed E-state index contributed by atoms with van der Waals surface area (Å²) >= 11 is 6.00. The summed E-state index contributed by atoms with van der Waals surface area (Å²) in [4.78, 5) is 0. The lowest BCUT2D eigenvalue weighted by atomic mass is 10.0. The smallest absolute Gasteiger partial charge is 0.0438 e. The number of hydrogen-bond acceptors (Lipinski definition) is 1. The minimum absolute atomic E-state index is 0.232. The van der Waals surface area contributed by atoms with Gasteiger partial charge in [-0.3, -0.25) is 0 Å². The van der Waals surface area contributed by atoms with E-state index < -0.39 is 0 Å². The highest BCUT2D eigenvalue weighted by atomic mass is 35.5. The maximum absolute atomic E-state index is 6.00. The van der Waals surface area contributed by atoms with Crippen molar-refractivity contribution in [2.24, 2.45) is 5.73 Å². The van der Waals surface area contributed by atoms with Crippen LogP contribution in [0.15, 0.2) is 12.1 Å². The van der Waals surface area contributed by atoms with Gasteiger partial charge in [-0.15, -0.1) is 0 Å². The number of nitrogens with two attached hydrogens (primary N) is 1. The normalized spacial score (nSPS) is 21.1. The van der Waals surface area contributed by atoms with Gasteiger partial charge in [0.1, 0.15) is 0 Å². The number of fused-ring (bicyclic) bond motifs is 1. The van der Waals surface area contributed by atoms with Crippen LogP contribution in [0.4, 0.5) is 0 Å². The Kier molecular flexibility index (Phi) is 1.85. The van der Waals surface area contributed by atoms with Crippen molar-refractivity contribution < 1.29 is 0 Å². The molecule has 1 aromatic carbocycles. The van der Waals surface area contributed by atoms with Gasteiger partial charge in [0, 0.05) is 11.1 Å². The summed E-state index contributed by atoms with van der Waals surface area (Å²) < 4.78 is 0. The average molecular weight is 182 g/mol. The Morgan fingerprint density at radius 2 is 2.25 bits per heavy atom. The maximum atomic E-state index is 6.00. The lowest BCUT2D eigenvalue weighted by Gasteiger charge is -2.07. The molecular weight excluding hydrogens is 170 g/mol. The van der Waals surface area contributed by atoms with Crippen molar-refractivity contribution in [2.75, 3.05) is 0 Å². The molecule has 1 aliphatic carbocycles. The quantitative estimate of drug-likeness (QED) is 0.654. The number of hydrogen-bond donors (Lipinski definition) is 1. The van der Waals surface area contributed by atoms with E-state index in [0.29, 0.717) is 0 Å². The molecule has 2 heteroatoms. The molecule has 2 rings (SSSR count). The van der Waals surface area contributed by atoms with E-state index in [0.717, 1.165) is 17.9 Å². The lowest BCUT2D eigenvalue weighted by molar-refractivity contribution is 0.713. The number of rotatable bonds is 0. The molecule has 0 fully saturated rings. The average Bonchev–Trinajstić information content (AvgIpc) is 2.41. The second kappa shape index (κ2) is 2.75. The van der Waals surface area contributed by atoms with E-state index in [2.05, 4.69) is 13.0 Å². The minimum Gasteiger partial charge on any atom is -0.324 e. The van der Waals surface area contributed by atoms with E-state index in [1.807, 2.05) is 6.07 Å². The molecule has 0 aliphatic heterocycles. The Balaban J connectivity index is 2.60. The molecule has 1 unspecified atom stereocenters. The lowest BCUT2D eigenvalue weighted by Crippen LogP contribution is -2.05. The van der Waals surface area contributed by atoms with E-state index >= 15 is 0 Å². The summed E-state index contributed by atoms with van der Waals surface area (Å²) in [6, 6.07) is 4.24. The Labute approximate surface area is 77.5 Å². The van der Waals surface area contributed by atoms with Gasteiger partial charge >= 0.3 is 0 Å². The fraction of sp³-hybridized carbons (Fsp3) is 0.400. The van der Waals surface area contributed by atoms with Crippen molar-refractivity contribution in [3.8, 4) is 0 Å². The molecule has 0 radical (unpaired) electrons. The number of benzene rings is 1. The second-order valence-corrected chi connectivity index (χ2v) is 3.79. The first-order valence-corrected chi connectivity index (χ1v) is 4.61. The van der Waals surface area contributed by atoms with Crippen LogP contribution in [0.5, 0.6) is 0 Å². The molecule has 0 spiro atoms. The van der Waals surface area contributed by atoms with Gasteiger partial charge < -0.3 is 5.73 Å². The molecule has 0 amide bonds. The van der Waals surface area contributed by atoms with Crippen molar-refractivity contribution in [3.05, 3.63) is 33.8 Å². The molecule has 2 N–H and O–H groups in total. The number of halogens is 1. The fourth-order valence-corrected chi connectivity index (χ4v) is 2.06. The first-order chi connectivity index (χ1) is 5.70. The fourth-order valence-electron chi connectivity index (χ4n) is 1.88. The zero-order chi connectivity index (χ0) is 8.72. The summed E-state index contributed by atoms with van der Waals surface area (Å²) in [6.07, 6.45) is 2.15. The van der Waals surface area contributed by atoms with Gasteiger partial charge in [0.2, 0.25) is 0 Å². The molecule has 1 aliphatic rings. The van der Waals surface area contributed by atoms with Gasteiger partial charge in [0.25, 0.3) is 0 Å². The summed E-state index contributed by atoms with van der Waals surface area (Å²) in [5.41, 5.74) is 9.79. The Bertz CT molecular complexity index is 320. The zero-order valence-corrected chi connectivity index (χ0v) is 7.86. The predicted octanol–water partition coefficient (Wildman–Crippen LogP) is 2.59. The van der Waals surface area contributed by atoms with E-state index in [1.54, 1.807) is 0 Å². The predicted molar refractivity (Wildman–Crippen MR) is 51.4 cm³/mol. The molecule has 0 bridgehead atoms. The summed E-state index contributed by atoms with van der Waals surface area (Å²) in [7, 11) is 0. The van der Waals surface area contributed by atoms with Crippen LogP contribution < -0.4 is 5.73 Å². The third kappa shape index (κ3) is 1.05. The van der Waals surface area contributed by atoms with Crippen LogP contribution >= 0.6 is 11.6 Å². The van der Waals surface area contributed by atoms with E-state index in [1.165, 1.54) is 16.7 Å². The standard InChI is InChI=1S/C10H12ClN/c1-6-7-3-5-10(12)8(7)2-4-9(6)11/h2,4,10H,3,5,12H2,1H3. The van der Waals surface area contributed by atoms with Crippen LogP contribution in [-0.4, -0.2) is 0 Å². The highest BCUT2D eigenvalue weighted by molar-refractivity contribution is 6.31. The maximum Gasteiger partial charge on any atom is 0.0438 e. The van der Waals surface area contributed by atoms with Crippen LogP contribution in [0, 0.1) is 6.92 Å². The van der Waals surface area contributed by atoms with Gasteiger partial charge in [-0.05, 0) is 42.5 Å². The molecule has 1 aromatic rings. The van der Waals surface area contributed by atoms with Gasteiger partial charge in [-0.25, -0.2) is 0 Å².